The Morgan fingerprint density at radius 1 is 1.35 bits per heavy atom. The molecule has 0 saturated carbocycles. The van der Waals surface area contributed by atoms with Crippen LogP contribution in [0.3, 0.4) is 0 Å². The van der Waals surface area contributed by atoms with Gasteiger partial charge < -0.3 is 10.6 Å². The maximum absolute atomic E-state index is 7.81. The van der Waals surface area contributed by atoms with Gasteiger partial charge in [0.15, 0.2) is 0 Å². The van der Waals surface area contributed by atoms with Gasteiger partial charge >= 0.3 is 0 Å². The molecule has 4 nitrogen and oxygen atoms in total. The van der Waals surface area contributed by atoms with E-state index in [-0.39, 0.29) is 5.84 Å². The van der Waals surface area contributed by atoms with Crippen LogP contribution in [0.4, 0.5) is 5.69 Å². The fraction of sp³-hybridized carbons (Fsp3) is 0.375. The molecule has 0 aliphatic carbocycles. The first-order valence-electron chi connectivity index (χ1n) is 7.01. The summed E-state index contributed by atoms with van der Waals surface area (Å²) in [6.45, 7) is 8.33. The summed E-state index contributed by atoms with van der Waals surface area (Å²) in [7, 11) is 0. The highest BCUT2D eigenvalue weighted by molar-refractivity contribution is 6.07. The number of aromatic nitrogens is 1. The number of pyridine rings is 1. The molecular formula is C16H22N4. The van der Waals surface area contributed by atoms with Crippen molar-refractivity contribution in [2.45, 2.75) is 20.8 Å². The van der Waals surface area contributed by atoms with Crippen molar-refractivity contribution >= 4 is 22.4 Å². The third-order valence-electron chi connectivity index (χ3n) is 3.32. The third kappa shape index (κ3) is 2.74. The topological polar surface area (TPSA) is 66.0 Å². The molecule has 4 heteroatoms. The zero-order chi connectivity index (χ0) is 14.7. The molecule has 1 heterocycles. The van der Waals surface area contributed by atoms with Crippen molar-refractivity contribution in [2.75, 3.05) is 18.0 Å². The molecule has 0 amide bonds. The molecule has 20 heavy (non-hydrogen) atoms. The van der Waals surface area contributed by atoms with Crippen LogP contribution in [0.1, 0.15) is 26.3 Å². The number of anilines is 1. The molecule has 2 aromatic rings. The lowest BCUT2D eigenvalue weighted by Crippen LogP contribution is -2.30. The highest BCUT2D eigenvalue weighted by Gasteiger charge is 2.17. The van der Waals surface area contributed by atoms with Crippen molar-refractivity contribution in [3.8, 4) is 0 Å². The van der Waals surface area contributed by atoms with Crippen LogP contribution in [0.5, 0.6) is 0 Å². The molecule has 0 atom stereocenters. The molecule has 0 spiro atoms. The van der Waals surface area contributed by atoms with Crippen molar-refractivity contribution in [1.29, 1.82) is 5.41 Å². The molecule has 0 saturated heterocycles. The van der Waals surface area contributed by atoms with Crippen LogP contribution >= 0.6 is 0 Å². The lowest BCUT2D eigenvalue weighted by molar-refractivity contribution is 0.619. The van der Waals surface area contributed by atoms with Gasteiger partial charge in [-0.3, -0.25) is 10.4 Å². The van der Waals surface area contributed by atoms with Crippen LogP contribution in [0.2, 0.25) is 0 Å². The number of fused-ring (bicyclic) bond motifs is 1. The molecule has 0 aliphatic heterocycles. The zero-order valence-corrected chi connectivity index (χ0v) is 12.4. The van der Waals surface area contributed by atoms with Crippen LogP contribution in [-0.2, 0) is 0 Å². The minimum atomic E-state index is 0.0699. The first-order valence-corrected chi connectivity index (χ1v) is 7.01. The summed E-state index contributed by atoms with van der Waals surface area (Å²) in [4.78, 5) is 6.69. The average Bonchev–Trinajstić information content (AvgIpc) is 2.43. The predicted octanol–water partition coefficient (Wildman–Crippen LogP) is 3.00. The van der Waals surface area contributed by atoms with Gasteiger partial charge in [-0.15, -0.1) is 0 Å². The molecule has 0 bridgehead atoms. The van der Waals surface area contributed by atoms with Gasteiger partial charge in [0.25, 0.3) is 0 Å². The Labute approximate surface area is 120 Å². The van der Waals surface area contributed by atoms with Gasteiger partial charge in [0.2, 0.25) is 0 Å². The molecule has 3 N–H and O–H groups in total. The van der Waals surface area contributed by atoms with Gasteiger partial charge in [0, 0.05) is 24.7 Å². The summed E-state index contributed by atoms with van der Waals surface area (Å²) >= 11 is 0. The van der Waals surface area contributed by atoms with Crippen LogP contribution in [-0.4, -0.2) is 23.9 Å². The Morgan fingerprint density at radius 3 is 2.65 bits per heavy atom. The van der Waals surface area contributed by atoms with Crippen molar-refractivity contribution in [1.82, 2.24) is 4.98 Å². The third-order valence-corrected chi connectivity index (χ3v) is 3.32. The number of amidine groups is 1. The largest absolute Gasteiger partial charge is 0.384 e. The summed E-state index contributed by atoms with van der Waals surface area (Å²) in [6, 6.07) is 8.02. The Hall–Kier alpha value is -2.10. The van der Waals surface area contributed by atoms with Gasteiger partial charge in [-0.25, -0.2) is 0 Å². The highest BCUT2D eigenvalue weighted by atomic mass is 15.1. The van der Waals surface area contributed by atoms with E-state index in [0.29, 0.717) is 11.5 Å². The van der Waals surface area contributed by atoms with E-state index in [0.717, 1.165) is 29.7 Å². The lowest BCUT2D eigenvalue weighted by atomic mass is 10.1. The van der Waals surface area contributed by atoms with E-state index >= 15 is 0 Å². The Bertz CT molecular complexity index is 619. The number of benzene rings is 1. The van der Waals surface area contributed by atoms with Crippen molar-refractivity contribution in [3.05, 3.63) is 36.0 Å². The molecule has 0 fully saturated rings. The van der Waals surface area contributed by atoms with E-state index in [9.17, 15) is 0 Å². The van der Waals surface area contributed by atoms with Crippen molar-refractivity contribution in [3.63, 3.8) is 0 Å². The first kappa shape index (κ1) is 14.3. The molecule has 0 aliphatic rings. The molecule has 2 rings (SSSR count). The summed E-state index contributed by atoms with van der Waals surface area (Å²) in [5.74, 6) is 0.613. The van der Waals surface area contributed by atoms with E-state index in [1.54, 1.807) is 6.20 Å². The predicted molar refractivity (Wildman–Crippen MR) is 85.5 cm³/mol. The van der Waals surface area contributed by atoms with Crippen LogP contribution in [0, 0.1) is 11.3 Å². The monoisotopic (exact) mass is 270 g/mol. The molecule has 1 aromatic heterocycles. The molecule has 0 unspecified atom stereocenters. The second-order valence-corrected chi connectivity index (χ2v) is 5.38. The molecule has 0 radical (unpaired) electrons. The quantitative estimate of drug-likeness (QED) is 0.648. The number of nitrogens with zero attached hydrogens (tertiary/aromatic N) is 2. The van der Waals surface area contributed by atoms with E-state index in [4.69, 9.17) is 11.1 Å². The van der Waals surface area contributed by atoms with E-state index in [1.807, 2.05) is 24.3 Å². The Morgan fingerprint density at radius 2 is 2.05 bits per heavy atom. The number of nitrogen functional groups attached to an aromatic ring is 1. The second kappa shape index (κ2) is 5.90. The highest BCUT2D eigenvalue weighted by Crippen LogP contribution is 2.29. The second-order valence-electron chi connectivity index (χ2n) is 5.38. The summed E-state index contributed by atoms with van der Waals surface area (Å²) in [6.07, 6.45) is 1.71. The van der Waals surface area contributed by atoms with Gasteiger partial charge in [0.1, 0.15) is 5.84 Å². The minimum Gasteiger partial charge on any atom is -0.384 e. The average molecular weight is 270 g/mol. The smallest absolute Gasteiger partial charge is 0.126 e. The number of para-hydroxylation sites is 1. The summed E-state index contributed by atoms with van der Waals surface area (Å²) < 4.78 is 0. The maximum Gasteiger partial charge on any atom is 0.126 e. The van der Waals surface area contributed by atoms with E-state index < -0.39 is 0 Å². The maximum atomic E-state index is 7.81. The lowest BCUT2D eigenvalue weighted by Gasteiger charge is -2.28. The van der Waals surface area contributed by atoms with E-state index in [1.165, 1.54) is 0 Å². The van der Waals surface area contributed by atoms with Crippen molar-refractivity contribution in [2.24, 2.45) is 11.7 Å². The fourth-order valence-electron chi connectivity index (χ4n) is 2.48. The van der Waals surface area contributed by atoms with Gasteiger partial charge in [-0.05, 0) is 18.9 Å². The van der Waals surface area contributed by atoms with Crippen LogP contribution in [0.25, 0.3) is 10.9 Å². The number of hydrogen-bond donors (Lipinski definition) is 2. The number of nitrogens with one attached hydrogen (secondary N) is 1. The number of hydrogen-bond acceptors (Lipinski definition) is 3. The first-order chi connectivity index (χ1) is 9.54. The molecule has 1 aromatic carbocycles. The Balaban J connectivity index is 2.68. The summed E-state index contributed by atoms with van der Waals surface area (Å²) in [5.41, 5.74) is 8.43. The van der Waals surface area contributed by atoms with Gasteiger partial charge in [-0.1, -0.05) is 32.0 Å². The molecule has 106 valence electrons. The number of nitrogens with two attached hydrogens (primary N) is 1. The normalized spacial score (nSPS) is 11.0. The molecular weight excluding hydrogens is 248 g/mol. The fourth-order valence-corrected chi connectivity index (χ4v) is 2.48. The van der Waals surface area contributed by atoms with Gasteiger partial charge in [-0.2, -0.15) is 0 Å². The Kier molecular flexibility index (Phi) is 4.23. The summed E-state index contributed by atoms with van der Waals surface area (Å²) in [5, 5.41) is 8.87. The minimum absolute atomic E-state index is 0.0699. The van der Waals surface area contributed by atoms with Crippen molar-refractivity contribution < 1.29 is 0 Å². The zero-order valence-electron chi connectivity index (χ0n) is 12.4. The number of rotatable bonds is 5. The van der Waals surface area contributed by atoms with Crippen LogP contribution in [0.15, 0.2) is 30.5 Å². The van der Waals surface area contributed by atoms with E-state index in [2.05, 4.69) is 30.7 Å². The van der Waals surface area contributed by atoms with Gasteiger partial charge in [0.05, 0.1) is 16.8 Å². The SMILES string of the molecule is CCN(CC(C)C)c1c(C(=N)N)cnc2ccccc12. The standard InChI is InChI=1S/C16H22N4/c1-4-20(10-11(2)3)15-12-7-5-6-8-14(12)19-9-13(15)16(17)18/h5-9,11H,4,10H2,1-3H3,(H3,17,18). The van der Waals surface area contributed by atoms with Crippen LogP contribution < -0.4 is 10.6 Å².